The second kappa shape index (κ2) is 27.7. The van der Waals surface area contributed by atoms with Crippen molar-refractivity contribution in [2.45, 2.75) is 173 Å². The molecule has 11 fully saturated rings. The first-order valence-corrected chi connectivity index (χ1v) is 27.7. The molecular weight excluding hydrogens is 1030 g/mol. The van der Waals surface area contributed by atoms with Gasteiger partial charge in [0.25, 0.3) is 0 Å². The summed E-state index contributed by atoms with van der Waals surface area (Å²) in [5.41, 5.74) is 2.75. The molecule has 0 aromatic carbocycles. The molecule has 436 valence electrons. The summed E-state index contributed by atoms with van der Waals surface area (Å²) in [7, 11) is 11.3. The molecule has 0 spiro atoms. The van der Waals surface area contributed by atoms with E-state index in [1.165, 1.54) is 56.9 Å². The Labute approximate surface area is 458 Å². The number of ether oxygens (including phenoxy) is 8. The lowest BCUT2D eigenvalue weighted by molar-refractivity contribution is -0.174. The second-order valence-corrected chi connectivity index (χ2v) is 23.3. The van der Waals surface area contributed by atoms with Crippen LogP contribution in [0.1, 0.15) is 173 Å². The van der Waals surface area contributed by atoms with Gasteiger partial charge in [0.05, 0.1) is 107 Å². The smallest absolute Gasteiger partial charge is 0.311 e. The molecule has 0 radical (unpaired) electrons. The molecule has 0 heterocycles. The lowest BCUT2D eigenvalue weighted by Gasteiger charge is -2.50. The van der Waals surface area contributed by atoms with Gasteiger partial charge >= 0.3 is 53.7 Å². The number of carboxylic acids is 1. The number of primary amides is 1. The van der Waals surface area contributed by atoms with E-state index in [4.69, 9.17) is 45.8 Å². The van der Waals surface area contributed by atoms with Crippen LogP contribution in [0.15, 0.2) is 0 Å². The number of carbonyl (C=O) groups excluding carboxylic acids is 9. The monoisotopic (exact) mass is 1110 g/mol. The number of rotatable bonds is 12. The van der Waals surface area contributed by atoms with E-state index in [0.717, 1.165) is 103 Å². The molecule has 20 nitrogen and oxygen atoms in total. The Kier molecular flexibility index (Phi) is 23.2. The highest BCUT2D eigenvalue weighted by Crippen LogP contribution is 2.60. The molecule has 1 amide bonds. The summed E-state index contributed by atoms with van der Waals surface area (Å²) in [5.74, 6) is -1.79. The van der Waals surface area contributed by atoms with Crippen LogP contribution < -0.4 is 5.73 Å². The van der Waals surface area contributed by atoms with Gasteiger partial charge in [-0.15, -0.1) is 11.6 Å². The summed E-state index contributed by atoms with van der Waals surface area (Å²) in [6.07, 6.45) is 19.1. The number of esters is 8. The Hall–Kier alpha value is -5.01. The summed E-state index contributed by atoms with van der Waals surface area (Å²) < 4.78 is 38.3. The van der Waals surface area contributed by atoms with E-state index < -0.39 is 16.8 Å². The highest BCUT2D eigenvalue weighted by Gasteiger charge is 2.58. The van der Waals surface area contributed by atoms with Crippen molar-refractivity contribution in [2.75, 3.05) is 62.8 Å². The number of alkyl halides is 1. The van der Waals surface area contributed by atoms with Gasteiger partial charge in [0, 0.05) is 11.3 Å². The van der Waals surface area contributed by atoms with Crippen LogP contribution in [0, 0.1) is 55.7 Å². The van der Waals surface area contributed by atoms with Crippen LogP contribution in [0.5, 0.6) is 0 Å². The van der Waals surface area contributed by atoms with Crippen molar-refractivity contribution in [2.24, 2.45) is 61.4 Å². The zero-order chi connectivity index (χ0) is 57.5. The number of halogens is 1. The predicted octanol–water partition coefficient (Wildman–Crippen LogP) is 7.52. The molecule has 3 N–H and O–H groups in total. The molecule has 21 heteroatoms. The van der Waals surface area contributed by atoms with Crippen molar-refractivity contribution in [1.29, 1.82) is 0 Å². The number of nitrogens with two attached hydrogens (primary N) is 1. The zero-order valence-electron chi connectivity index (χ0n) is 46.8. The van der Waals surface area contributed by atoms with Gasteiger partial charge in [-0.05, 0) is 173 Å². The van der Waals surface area contributed by atoms with Crippen LogP contribution in [-0.2, 0) is 85.8 Å². The summed E-state index contributed by atoms with van der Waals surface area (Å²) in [5, 5.41) is 9.18. The molecule has 11 aliphatic rings. The molecule has 11 rings (SSSR count). The van der Waals surface area contributed by atoms with Crippen molar-refractivity contribution in [3.63, 3.8) is 0 Å². The maximum absolute atomic E-state index is 11.8. The van der Waals surface area contributed by atoms with Gasteiger partial charge in [-0.3, -0.25) is 47.9 Å². The number of hydrogen-bond acceptors (Lipinski definition) is 18. The molecule has 0 saturated heterocycles. The van der Waals surface area contributed by atoms with Gasteiger partial charge in [0.15, 0.2) is 0 Å². The van der Waals surface area contributed by atoms with E-state index in [1.54, 1.807) is 0 Å². The predicted molar refractivity (Wildman–Crippen MR) is 276 cm³/mol. The molecule has 77 heavy (non-hydrogen) atoms. The third-order valence-electron chi connectivity index (χ3n) is 19.7. The standard InChI is InChI=1S/C12H19ClO4.C12H18O4.C11H17NO3.C11H16O4.C10H16O4/c1-16-10(14)9-3-5-12(6-4-9,7-8-13)11(15)17-2;1-15-9(13)11-3-6-12(7-4-11,8-5-11)10(14)16-2;2*1-15-9(14)11-5-2-10(3-6-11,4-7-11)8(12)13;1-13-9(11)7-3-5-8(6-4-7)10(12)14-2/h9H,3-8H2,1-2H3;3-8H2,1-2H3;2-7H2,1H3,(H2,12,13);2-7H2,1H3,(H,12,13);7-8H,3-6H2,1-2H3. The van der Waals surface area contributed by atoms with Gasteiger partial charge < -0.3 is 48.7 Å². The molecule has 11 saturated carbocycles. The fourth-order valence-corrected chi connectivity index (χ4v) is 14.1. The molecular formula is C56H86ClNO19. The van der Waals surface area contributed by atoms with E-state index in [9.17, 15) is 53.1 Å². The quantitative estimate of drug-likeness (QED) is 0.108. The average Bonchev–Trinajstić information content (AvgIpc) is 3.49. The van der Waals surface area contributed by atoms with Crippen molar-refractivity contribution >= 4 is 71.2 Å². The Morgan fingerprint density at radius 2 is 0.597 bits per heavy atom. The van der Waals surface area contributed by atoms with Gasteiger partial charge in [0.2, 0.25) is 5.91 Å². The highest BCUT2D eigenvalue weighted by atomic mass is 35.5. The van der Waals surface area contributed by atoms with E-state index in [2.05, 4.69) is 9.47 Å². The maximum atomic E-state index is 11.8. The third kappa shape index (κ3) is 14.2. The molecule has 0 aliphatic heterocycles. The Morgan fingerprint density at radius 1 is 0.364 bits per heavy atom. The van der Waals surface area contributed by atoms with Crippen molar-refractivity contribution in [3.05, 3.63) is 0 Å². The molecule has 0 unspecified atom stereocenters. The van der Waals surface area contributed by atoms with Gasteiger partial charge in [-0.25, -0.2) is 0 Å². The van der Waals surface area contributed by atoms with Crippen molar-refractivity contribution < 1.29 is 90.9 Å². The SMILES string of the molecule is COC(=O)C12CCC(C(=O)O)(CC1)CC2.COC(=O)C12CCC(C(=O)OC)(CC1)CC2.COC(=O)C12CCC(C(N)=O)(CC1)CC2.COC(=O)C1CCC(C(=O)OC)CC1.COC(=O)C1CCC(CCCl)(C(=O)OC)CC1. The summed E-state index contributed by atoms with van der Waals surface area (Å²) in [6.45, 7) is 0. The van der Waals surface area contributed by atoms with E-state index in [0.29, 0.717) is 76.5 Å². The molecule has 11 aliphatic carbocycles. The largest absolute Gasteiger partial charge is 0.481 e. The van der Waals surface area contributed by atoms with Crippen LogP contribution in [-0.4, -0.2) is 127 Å². The fraction of sp³-hybridized carbons (Fsp3) is 0.821. The molecule has 0 aromatic rings. The first kappa shape index (κ1) is 64.5. The molecule has 6 bridgehead atoms. The average molecular weight is 1110 g/mol. The van der Waals surface area contributed by atoms with E-state index in [1.807, 2.05) is 0 Å². The van der Waals surface area contributed by atoms with Crippen molar-refractivity contribution in [1.82, 2.24) is 0 Å². The highest BCUT2D eigenvalue weighted by molar-refractivity contribution is 6.18. The minimum absolute atomic E-state index is 0.0269. The van der Waals surface area contributed by atoms with Crippen molar-refractivity contribution in [3.8, 4) is 0 Å². The molecule has 0 aromatic heterocycles. The van der Waals surface area contributed by atoms with Crippen LogP contribution in [0.4, 0.5) is 0 Å². The third-order valence-corrected chi connectivity index (χ3v) is 19.8. The van der Waals surface area contributed by atoms with Crippen LogP contribution in [0.3, 0.4) is 0 Å². The zero-order valence-corrected chi connectivity index (χ0v) is 47.5. The van der Waals surface area contributed by atoms with E-state index in [-0.39, 0.29) is 98.5 Å². The number of methoxy groups -OCH3 is 8. The first-order valence-electron chi connectivity index (χ1n) is 27.2. The van der Waals surface area contributed by atoms with Crippen LogP contribution in [0.2, 0.25) is 0 Å². The van der Waals surface area contributed by atoms with Gasteiger partial charge in [0.1, 0.15) is 0 Å². The van der Waals surface area contributed by atoms with Crippen LogP contribution >= 0.6 is 11.6 Å². The lowest BCUT2D eigenvalue weighted by Crippen LogP contribution is -2.51. The number of hydrogen-bond donors (Lipinski definition) is 2. The van der Waals surface area contributed by atoms with E-state index >= 15 is 0 Å². The second-order valence-electron chi connectivity index (χ2n) is 22.9. The normalized spacial score (nSPS) is 33.9. The lowest BCUT2D eigenvalue weighted by atomic mass is 9.53. The minimum atomic E-state index is -0.694. The molecule has 0 atom stereocenters. The maximum Gasteiger partial charge on any atom is 0.311 e. The summed E-state index contributed by atoms with van der Waals surface area (Å²) in [6, 6.07) is 0. The Bertz CT molecular complexity index is 1930. The number of fused-ring (bicyclic) bond motifs is 9. The fourth-order valence-electron chi connectivity index (χ4n) is 13.8. The topological polar surface area (TPSA) is 291 Å². The summed E-state index contributed by atoms with van der Waals surface area (Å²) >= 11 is 5.75. The Morgan fingerprint density at radius 3 is 0.805 bits per heavy atom. The Balaban J connectivity index is 0.000000208. The number of carboxylic acid groups (broad SMARTS) is 1. The van der Waals surface area contributed by atoms with Gasteiger partial charge in [-0.1, -0.05) is 0 Å². The summed E-state index contributed by atoms with van der Waals surface area (Å²) in [4.78, 5) is 115. The number of amides is 1. The van der Waals surface area contributed by atoms with Crippen LogP contribution in [0.25, 0.3) is 0 Å². The number of aliphatic carboxylic acids is 1. The number of carbonyl (C=O) groups is 10. The minimum Gasteiger partial charge on any atom is -0.481 e. The first-order chi connectivity index (χ1) is 36.5. The van der Waals surface area contributed by atoms with Gasteiger partial charge in [-0.2, -0.15) is 0 Å².